The van der Waals surface area contributed by atoms with E-state index in [1.54, 1.807) is 6.07 Å². The Labute approximate surface area is 85.8 Å². The lowest BCUT2D eigenvalue weighted by Gasteiger charge is -2.00. The highest BCUT2D eigenvalue weighted by molar-refractivity contribution is 9.09. The normalized spacial score (nSPS) is 10.2. The van der Waals surface area contributed by atoms with Gasteiger partial charge in [-0.3, -0.25) is 0 Å². The molecule has 1 aromatic rings. The molecule has 0 spiro atoms. The Kier molecular flexibility index (Phi) is 3.53. The standard InChI is InChI=1S/C10H9BrN2/c11-6-2-4-8-3-1-5-10(13)9(8)7-12/h1-5H,6,13H2. The van der Waals surface area contributed by atoms with Gasteiger partial charge in [-0.05, 0) is 11.6 Å². The van der Waals surface area contributed by atoms with Crippen LogP contribution in [0.4, 0.5) is 5.69 Å². The van der Waals surface area contributed by atoms with Gasteiger partial charge in [0.15, 0.2) is 0 Å². The number of halogens is 1. The van der Waals surface area contributed by atoms with Crippen LogP contribution >= 0.6 is 15.9 Å². The Balaban J connectivity index is 3.15. The third-order valence-corrected chi connectivity index (χ3v) is 2.00. The molecule has 2 N–H and O–H groups in total. The Bertz CT molecular complexity index is 364. The lowest BCUT2D eigenvalue weighted by Crippen LogP contribution is -1.92. The summed E-state index contributed by atoms with van der Waals surface area (Å²) >= 11 is 3.27. The molecular formula is C10H9BrN2. The fourth-order valence-electron chi connectivity index (χ4n) is 1.03. The van der Waals surface area contributed by atoms with E-state index in [0.717, 1.165) is 10.9 Å². The highest BCUT2D eigenvalue weighted by atomic mass is 79.9. The molecule has 1 rings (SSSR count). The largest absolute Gasteiger partial charge is 0.398 e. The van der Waals surface area contributed by atoms with Crippen LogP contribution in [0.15, 0.2) is 24.3 Å². The quantitative estimate of drug-likeness (QED) is 0.634. The number of nitriles is 1. The number of nitrogen functional groups attached to an aromatic ring is 1. The first kappa shape index (κ1) is 9.82. The first-order valence-electron chi connectivity index (χ1n) is 3.80. The van der Waals surface area contributed by atoms with Crippen molar-refractivity contribution in [2.45, 2.75) is 0 Å². The maximum absolute atomic E-state index is 8.82. The molecule has 1 aromatic carbocycles. The van der Waals surface area contributed by atoms with Crippen LogP contribution in [0, 0.1) is 11.3 Å². The molecule has 0 heterocycles. The van der Waals surface area contributed by atoms with Gasteiger partial charge in [0, 0.05) is 5.33 Å². The van der Waals surface area contributed by atoms with Gasteiger partial charge in [-0.2, -0.15) is 5.26 Å². The number of nitrogens with zero attached hydrogens (tertiary/aromatic N) is 1. The predicted molar refractivity (Wildman–Crippen MR) is 58.4 cm³/mol. The smallest absolute Gasteiger partial charge is 0.102 e. The van der Waals surface area contributed by atoms with Crippen molar-refractivity contribution in [3.8, 4) is 6.07 Å². The zero-order chi connectivity index (χ0) is 9.68. The maximum atomic E-state index is 8.82. The molecule has 2 nitrogen and oxygen atoms in total. The SMILES string of the molecule is N#Cc1c(N)cccc1C=CCBr. The number of hydrogen-bond donors (Lipinski definition) is 1. The summed E-state index contributed by atoms with van der Waals surface area (Å²) in [5, 5.41) is 9.59. The van der Waals surface area contributed by atoms with Gasteiger partial charge in [0.25, 0.3) is 0 Å². The van der Waals surface area contributed by atoms with E-state index in [-0.39, 0.29) is 0 Å². The van der Waals surface area contributed by atoms with Gasteiger partial charge in [-0.25, -0.2) is 0 Å². The van der Waals surface area contributed by atoms with Gasteiger partial charge in [0.05, 0.1) is 11.3 Å². The molecule has 66 valence electrons. The molecule has 0 amide bonds. The number of nitrogens with two attached hydrogens (primary N) is 1. The summed E-state index contributed by atoms with van der Waals surface area (Å²) in [5.74, 6) is 0. The molecule has 0 aliphatic carbocycles. The molecule has 0 aromatic heterocycles. The van der Waals surface area contributed by atoms with Gasteiger partial charge in [0.1, 0.15) is 6.07 Å². The van der Waals surface area contributed by atoms with Crippen molar-refractivity contribution in [1.29, 1.82) is 5.26 Å². The molecule has 0 atom stereocenters. The third kappa shape index (κ3) is 2.33. The van der Waals surface area contributed by atoms with Crippen LogP contribution in [-0.4, -0.2) is 5.33 Å². The van der Waals surface area contributed by atoms with E-state index in [0.29, 0.717) is 11.3 Å². The second-order valence-electron chi connectivity index (χ2n) is 2.48. The van der Waals surface area contributed by atoms with Crippen LogP contribution in [0.1, 0.15) is 11.1 Å². The van der Waals surface area contributed by atoms with Crippen molar-refractivity contribution < 1.29 is 0 Å². The molecule has 0 radical (unpaired) electrons. The average molecular weight is 237 g/mol. The number of anilines is 1. The van der Waals surface area contributed by atoms with E-state index in [4.69, 9.17) is 11.0 Å². The molecule has 0 aliphatic rings. The van der Waals surface area contributed by atoms with Crippen molar-refractivity contribution in [1.82, 2.24) is 0 Å². The lowest BCUT2D eigenvalue weighted by atomic mass is 10.1. The van der Waals surface area contributed by atoms with Gasteiger partial charge in [0.2, 0.25) is 0 Å². The number of rotatable bonds is 2. The summed E-state index contributed by atoms with van der Waals surface area (Å²) in [6.07, 6.45) is 3.80. The number of alkyl halides is 1. The lowest BCUT2D eigenvalue weighted by molar-refractivity contribution is 1.47. The molecule has 0 saturated heterocycles. The minimum Gasteiger partial charge on any atom is -0.398 e. The molecule has 0 bridgehead atoms. The third-order valence-electron chi connectivity index (χ3n) is 1.63. The van der Waals surface area contributed by atoms with Crippen LogP contribution in [0.3, 0.4) is 0 Å². The number of allylic oxidation sites excluding steroid dienone is 1. The predicted octanol–water partition coefficient (Wildman–Crippen LogP) is 2.55. The fraction of sp³-hybridized carbons (Fsp3) is 0.100. The Morgan fingerprint density at radius 2 is 2.31 bits per heavy atom. The number of benzene rings is 1. The zero-order valence-electron chi connectivity index (χ0n) is 7.00. The molecule has 13 heavy (non-hydrogen) atoms. The van der Waals surface area contributed by atoms with E-state index in [2.05, 4.69) is 22.0 Å². The van der Waals surface area contributed by atoms with Crippen LogP contribution in [0.2, 0.25) is 0 Å². The van der Waals surface area contributed by atoms with Crippen LogP contribution < -0.4 is 5.73 Å². The van der Waals surface area contributed by atoms with Crippen molar-refractivity contribution in [3.05, 3.63) is 35.4 Å². The van der Waals surface area contributed by atoms with E-state index in [1.165, 1.54) is 0 Å². The van der Waals surface area contributed by atoms with Gasteiger partial charge in [-0.15, -0.1) is 0 Å². The summed E-state index contributed by atoms with van der Waals surface area (Å²) in [4.78, 5) is 0. The van der Waals surface area contributed by atoms with E-state index in [9.17, 15) is 0 Å². The van der Waals surface area contributed by atoms with Crippen LogP contribution in [-0.2, 0) is 0 Å². The Morgan fingerprint density at radius 3 is 2.92 bits per heavy atom. The second kappa shape index (κ2) is 4.68. The molecule has 0 aliphatic heterocycles. The van der Waals surface area contributed by atoms with E-state index in [1.807, 2.05) is 24.3 Å². The van der Waals surface area contributed by atoms with Gasteiger partial charge < -0.3 is 5.73 Å². The second-order valence-corrected chi connectivity index (χ2v) is 3.13. The van der Waals surface area contributed by atoms with E-state index >= 15 is 0 Å². The van der Waals surface area contributed by atoms with Crippen molar-refractivity contribution >= 4 is 27.7 Å². The first-order valence-corrected chi connectivity index (χ1v) is 4.93. The summed E-state index contributed by atoms with van der Waals surface area (Å²) in [6.45, 7) is 0. The number of hydrogen-bond acceptors (Lipinski definition) is 2. The van der Waals surface area contributed by atoms with Crippen molar-refractivity contribution in [2.24, 2.45) is 0 Å². The zero-order valence-corrected chi connectivity index (χ0v) is 8.58. The van der Waals surface area contributed by atoms with Gasteiger partial charge in [-0.1, -0.05) is 40.2 Å². The maximum Gasteiger partial charge on any atom is 0.102 e. The van der Waals surface area contributed by atoms with Gasteiger partial charge >= 0.3 is 0 Å². The van der Waals surface area contributed by atoms with Crippen molar-refractivity contribution in [3.63, 3.8) is 0 Å². The minimum atomic E-state index is 0.527. The topological polar surface area (TPSA) is 49.8 Å². The molecule has 3 heteroatoms. The highest BCUT2D eigenvalue weighted by Crippen LogP contribution is 2.16. The molecular weight excluding hydrogens is 228 g/mol. The summed E-state index contributed by atoms with van der Waals surface area (Å²) < 4.78 is 0. The Morgan fingerprint density at radius 1 is 1.54 bits per heavy atom. The molecule has 0 unspecified atom stereocenters. The average Bonchev–Trinajstić information content (AvgIpc) is 2.15. The van der Waals surface area contributed by atoms with E-state index < -0.39 is 0 Å². The van der Waals surface area contributed by atoms with Crippen molar-refractivity contribution in [2.75, 3.05) is 11.1 Å². The highest BCUT2D eigenvalue weighted by Gasteiger charge is 2.00. The van der Waals surface area contributed by atoms with Crippen LogP contribution in [0.5, 0.6) is 0 Å². The molecule has 0 saturated carbocycles. The summed E-state index contributed by atoms with van der Waals surface area (Å²) in [5.41, 5.74) is 7.57. The Hall–Kier alpha value is -1.27. The molecule has 0 fully saturated rings. The summed E-state index contributed by atoms with van der Waals surface area (Å²) in [6, 6.07) is 7.51. The van der Waals surface area contributed by atoms with Crippen LogP contribution in [0.25, 0.3) is 6.08 Å². The minimum absolute atomic E-state index is 0.527. The first-order chi connectivity index (χ1) is 6.29. The fourth-order valence-corrected chi connectivity index (χ4v) is 1.22. The monoisotopic (exact) mass is 236 g/mol. The summed E-state index contributed by atoms with van der Waals surface area (Å²) in [7, 11) is 0.